The molecule has 0 fully saturated rings. The second kappa shape index (κ2) is 9.41. The average molecular weight is 254 g/mol. The van der Waals surface area contributed by atoms with Gasteiger partial charge in [-0.25, -0.2) is 10.2 Å². The molecule has 1 aromatic rings. The van der Waals surface area contributed by atoms with Crippen LogP contribution in [-0.4, -0.2) is 5.84 Å². The summed E-state index contributed by atoms with van der Waals surface area (Å²) in [4.78, 5) is 0. The molecule has 18 heavy (non-hydrogen) atoms. The van der Waals surface area contributed by atoms with Crippen LogP contribution in [0.2, 0.25) is 0 Å². The SMILES string of the molecule is CC.CC(CCc1ccc(F)cc1)/C(=N/N)NN. The number of benzene rings is 1. The maximum Gasteiger partial charge on any atom is 0.138 e. The van der Waals surface area contributed by atoms with Crippen LogP contribution in [0.1, 0.15) is 32.8 Å². The average Bonchev–Trinajstić information content (AvgIpc) is 2.42. The molecule has 0 bridgehead atoms. The van der Waals surface area contributed by atoms with Gasteiger partial charge in [-0.2, -0.15) is 5.10 Å². The Labute approximate surface area is 108 Å². The smallest absolute Gasteiger partial charge is 0.138 e. The maximum atomic E-state index is 12.7. The van der Waals surface area contributed by atoms with Crippen molar-refractivity contribution in [2.24, 2.45) is 22.7 Å². The summed E-state index contributed by atoms with van der Waals surface area (Å²) >= 11 is 0. The Morgan fingerprint density at radius 1 is 1.33 bits per heavy atom. The van der Waals surface area contributed by atoms with E-state index in [1.54, 1.807) is 12.1 Å². The monoisotopic (exact) mass is 254 g/mol. The van der Waals surface area contributed by atoms with Gasteiger partial charge in [0.15, 0.2) is 0 Å². The second-order valence-electron chi connectivity index (χ2n) is 3.72. The summed E-state index contributed by atoms with van der Waals surface area (Å²) in [6.45, 7) is 5.98. The Morgan fingerprint density at radius 3 is 2.33 bits per heavy atom. The van der Waals surface area contributed by atoms with Gasteiger partial charge in [-0.1, -0.05) is 32.9 Å². The van der Waals surface area contributed by atoms with Gasteiger partial charge in [-0.15, -0.1) is 0 Å². The van der Waals surface area contributed by atoms with Crippen LogP contribution in [0.15, 0.2) is 29.4 Å². The van der Waals surface area contributed by atoms with Gasteiger partial charge in [-0.3, -0.25) is 0 Å². The number of hydrogen-bond acceptors (Lipinski definition) is 3. The lowest BCUT2D eigenvalue weighted by Gasteiger charge is -2.12. The molecule has 1 atom stereocenters. The fourth-order valence-corrected chi connectivity index (χ4v) is 1.48. The third-order valence-corrected chi connectivity index (χ3v) is 2.53. The number of halogens is 1. The maximum absolute atomic E-state index is 12.7. The van der Waals surface area contributed by atoms with Gasteiger partial charge in [0.05, 0.1) is 0 Å². The molecular weight excluding hydrogens is 231 g/mol. The molecule has 0 saturated heterocycles. The van der Waals surface area contributed by atoms with Crippen molar-refractivity contribution in [2.45, 2.75) is 33.6 Å². The van der Waals surface area contributed by atoms with Crippen LogP contribution < -0.4 is 17.1 Å². The van der Waals surface area contributed by atoms with Crippen LogP contribution in [0, 0.1) is 11.7 Å². The molecule has 0 spiro atoms. The van der Waals surface area contributed by atoms with Crippen LogP contribution >= 0.6 is 0 Å². The first-order chi connectivity index (χ1) is 8.67. The minimum atomic E-state index is -0.218. The Bertz CT molecular complexity index is 349. The van der Waals surface area contributed by atoms with E-state index in [4.69, 9.17) is 11.7 Å². The minimum absolute atomic E-state index is 0.153. The van der Waals surface area contributed by atoms with Crippen molar-refractivity contribution in [3.05, 3.63) is 35.6 Å². The summed E-state index contributed by atoms with van der Waals surface area (Å²) in [5.74, 6) is 10.9. The number of hydrazine groups is 1. The van der Waals surface area contributed by atoms with Gasteiger partial charge in [0.2, 0.25) is 0 Å². The molecule has 102 valence electrons. The number of nitrogens with zero attached hydrogens (tertiary/aromatic N) is 1. The van der Waals surface area contributed by atoms with Crippen molar-refractivity contribution in [3.63, 3.8) is 0 Å². The van der Waals surface area contributed by atoms with Gasteiger partial charge in [0.1, 0.15) is 11.7 Å². The Balaban J connectivity index is 0.00000137. The van der Waals surface area contributed by atoms with Gasteiger partial charge in [-0.05, 0) is 30.5 Å². The van der Waals surface area contributed by atoms with Crippen molar-refractivity contribution in [1.29, 1.82) is 0 Å². The molecule has 5 N–H and O–H groups in total. The molecular formula is C13H23FN4. The van der Waals surface area contributed by atoms with Gasteiger partial charge in [0, 0.05) is 5.92 Å². The third-order valence-electron chi connectivity index (χ3n) is 2.53. The fraction of sp³-hybridized carbons (Fsp3) is 0.462. The molecule has 0 aliphatic rings. The Kier molecular flexibility index (Phi) is 8.57. The van der Waals surface area contributed by atoms with Crippen LogP contribution in [0.5, 0.6) is 0 Å². The van der Waals surface area contributed by atoms with E-state index in [0.29, 0.717) is 5.84 Å². The van der Waals surface area contributed by atoms with Gasteiger partial charge in [0.25, 0.3) is 0 Å². The topological polar surface area (TPSA) is 76.4 Å². The number of nitrogens with two attached hydrogens (primary N) is 2. The zero-order valence-corrected chi connectivity index (χ0v) is 11.3. The third kappa shape index (κ3) is 5.63. The zero-order valence-electron chi connectivity index (χ0n) is 11.3. The van der Waals surface area contributed by atoms with E-state index in [0.717, 1.165) is 18.4 Å². The molecule has 0 amide bonds. The van der Waals surface area contributed by atoms with E-state index in [1.807, 2.05) is 20.8 Å². The number of aryl methyl sites for hydroxylation is 1. The summed E-state index contributed by atoms with van der Waals surface area (Å²) < 4.78 is 12.7. The van der Waals surface area contributed by atoms with Crippen molar-refractivity contribution >= 4 is 5.84 Å². The quantitative estimate of drug-likeness (QED) is 0.333. The molecule has 5 heteroatoms. The first-order valence-corrected chi connectivity index (χ1v) is 6.16. The highest BCUT2D eigenvalue weighted by Gasteiger charge is 2.09. The summed E-state index contributed by atoms with van der Waals surface area (Å²) in [6, 6.07) is 6.46. The number of hydrogen-bond donors (Lipinski definition) is 3. The highest BCUT2D eigenvalue weighted by atomic mass is 19.1. The number of amidine groups is 1. The van der Waals surface area contributed by atoms with Crippen molar-refractivity contribution in [1.82, 2.24) is 5.43 Å². The van der Waals surface area contributed by atoms with E-state index in [2.05, 4.69) is 10.5 Å². The minimum Gasteiger partial charge on any atom is -0.322 e. The molecule has 1 aromatic carbocycles. The zero-order chi connectivity index (χ0) is 14.0. The predicted octanol–water partition coefficient (Wildman–Crippen LogP) is 2.16. The first-order valence-electron chi connectivity index (χ1n) is 6.16. The standard InChI is InChI=1S/C11H17FN4.C2H6/c1-8(11(15-13)16-14)2-3-9-4-6-10(12)7-5-9;1-2/h4-8H,2-3,13-14H2,1H3,(H,15,16);1-2H3. The summed E-state index contributed by atoms with van der Waals surface area (Å²) in [7, 11) is 0. The molecule has 0 saturated carbocycles. The number of rotatable bonds is 4. The molecule has 1 unspecified atom stereocenters. The van der Waals surface area contributed by atoms with E-state index < -0.39 is 0 Å². The molecule has 4 nitrogen and oxygen atoms in total. The molecule has 0 aromatic heterocycles. The van der Waals surface area contributed by atoms with Crippen molar-refractivity contribution in [2.75, 3.05) is 0 Å². The Hall–Kier alpha value is -1.62. The largest absolute Gasteiger partial charge is 0.322 e. The predicted molar refractivity (Wildman–Crippen MR) is 74.2 cm³/mol. The van der Waals surface area contributed by atoms with Crippen LogP contribution in [0.3, 0.4) is 0 Å². The highest BCUT2D eigenvalue weighted by molar-refractivity contribution is 5.83. The van der Waals surface area contributed by atoms with E-state index >= 15 is 0 Å². The highest BCUT2D eigenvalue weighted by Crippen LogP contribution is 2.10. The molecule has 0 radical (unpaired) electrons. The van der Waals surface area contributed by atoms with Gasteiger partial charge >= 0.3 is 0 Å². The van der Waals surface area contributed by atoms with E-state index in [-0.39, 0.29) is 11.7 Å². The van der Waals surface area contributed by atoms with E-state index in [1.165, 1.54) is 12.1 Å². The molecule has 0 aliphatic heterocycles. The summed E-state index contributed by atoms with van der Waals surface area (Å²) in [6.07, 6.45) is 1.69. The Morgan fingerprint density at radius 2 is 1.89 bits per heavy atom. The fourth-order valence-electron chi connectivity index (χ4n) is 1.48. The van der Waals surface area contributed by atoms with Crippen LogP contribution in [0.25, 0.3) is 0 Å². The number of hydrazone groups is 1. The lowest BCUT2D eigenvalue weighted by Crippen LogP contribution is -2.36. The molecule has 0 aliphatic carbocycles. The molecule has 1 rings (SSSR count). The summed E-state index contributed by atoms with van der Waals surface area (Å²) in [5.41, 5.74) is 3.55. The van der Waals surface area contributed by atoms with E-state index in [9.17, 15) is 4.39 Å². The second-order valence-corrected chi connectivity index (χ2v) is 3.72. The van der Waals surface area contributed by atoms with Crippen LogP contribution in [0.4, 0.5) is 4.39 Å². The lowest BCUT2D eigenvalue weighted by molar-refractivity contribution is 0.624. The van der Waals surface area contributed by atoms with Crippen molar-refractivity contribution < 1.29 is 4.39 Å². The van der Waals surface area contributed by atoms with Crippen molar-refractivity contribution in [3.8, 4) is 0 Å². The lowest BCUT2D eigenvalue weighted by atomic mass is 10.0. The molecule has 0 heterocycles. The summed E-state index contributed by atoms with van der Waals surface area (Å²) in [5, 5.41) is 3.55. The first kappa shape index (κ1) is 16.4. The van der Waals surface area contributed by atoms with Gasteiger partial charge < -0.3 is 11.3 Å². The number of nitrogens with one attached hydrogen (secondary N) is 1. The van der Waals surface area contributed by atoms with Crippen LogP contribution in [-0.2, 0) is 6.42 Å². The normalized spacial score (nSPS) is 12.4.